The molecule has 0 aliphatic carbocycles. The zero-order valence-corrected chi connectivity index (χ0v) is 35.5. The second kappa shape index (κ2) is 28.4. The van der Waals surface area contributed by atoms with Gasteiger partial charge in [0.15, 0.2) is 0 Å². The molecule has 56 heavy (non-hydrogen) atoms. The zero-order valence-electron chi connectivity index (χ0n) is 34.6. The van der Waals surface area contributed by atoms with Gasteiger partial charge in [-0.2, -0.15) is 0 Å². The normalized spacial score (nSPS) is 12.7. The molecule has 0 radical (unpaired) electrons. The van der Waals surface area contributed by atoms with Gasteiger partial charge in [-0.25, -0.2) is 4.67 Å². The fraction of sp³-hybridized carbons (Fsp3) is 0.558. The highest BCUT2D eigenvalue weighted by Gasteiger charge is 2.38. The Morgan fingerprint density at radius 3 is 1.34 bits per heavy atom. The van der Waals surface area contributed by atoms with Crippen molar-refractivity contribution in [1.82, 2.24) is 4.67 Å². The average molecular weight is 801 g/mol. The number of hydrogen-bond acceptors (Lipinski definition) is 12. The highest BCUT2D eigenvalue weighted by Crippen LogP contribution is 2.46. The van der Waals surface area contributed by atoms with Crippen LogP contribution in [0.3, 0.4) is 0 Å². The number of methoxy groups -OCH3 is 2. The minimum atomic E-state index is -1.18. The van der Waals surface area contributed by atoms with E-state index in [1.807, 2.05) is 72.9 Å². The molecule has 0 spiro atoms. The van der Waals surface area contributed by atoms with Gasteiger partial charge in [-0.3, -0.25) is 0 Å². The maximum absolute atomic E-state index is 6.81. The van der Waals surface area contributed by atoms with Crippen LogP contribution in [0.2, 0.25) is 0 Å². The van der Waals surface area contributed by atoms with E-state index in [9.17, 15) is 0 Å². The fourth-order valence-corrected chi connectivity index (χ4v) is 7.53. The number of ether oxygens (including phenoxy) is 8. The molecule has 3 aromatic rings. The van der Waals surface area contributed by atoms with Crippen molar-refractivity contribution in [2.24, 2.45) is 4.99 Å². The fourth-order valence-electron chi connectivity index (χ4n) is 5.94. The summed E-state index contributed by atoms with van der Waals surface area (Å²) >= 11 is 0. The molecule has 0 heterocycles. The lowest BCUT2D eigenvalue weighted by molar-refractivity contribution is -0.0392. The Morgan fingerprint density at radius 1 is 0.536 bits per heavy atom. The van der Waals surface area contributed by atoms with Gasteiger partial charge in [0, 0.05) is 31.8 Å². The van der Waals surface area contributed by atoms with E-state index in [2.05, 4.69) is 49.5 Å². The van der Waals surface area contributed by atoms with Crippen LogP contribution in [-0.2, 0) is 43.1 Å². The molecule has 0 saturated carbocycles. The third-order valence-electron chi connectivity index (χ3n) is 8.52. The van der Waals surface area contributed by atoms with Crippen LogP contribution in [0, 0.1) is 0 Å². The first kappa shape index (κ1) is 47.4. The molecule has 0 aliphatic heterocycles. The van der Waals surface area contributed by atoms with Crippen molar-refractivity contribution in [2.45, 2.75) is 51.8 Å². The molecule has 3 rings (SSSR count). The molecule has 0 amide bonds. The highest BCUT2D eigenvalue weighted by atomic mass is 31.2. The van der Waals surface area contributed by atoms with Crippen molar-refractivity contribution < 1.29 is 46.9 Å². The van der Waals surface area contributed by atoms with Crippen LogP contribution in [0.25, 0.3) is 0 Å². The van der Waals surface area contributed by atoms with Gasteiger partial charge in [0.25, 0.3) is 8.53 Å². The smallest absolute Gasteiger partial charge is 0.259 e. The van der Waals surface area contributed by atoms with Crippen LogP contribution in [0.4, 0.5) is 0 Å². The van der Waals surface area contributed by atoms with Crippen LogP contribution in [-0.4, -0.2) is 130 Å². The molecule has 0 aromatic heterocycles. The second-order valence-electron chi connectivity index (χ2n) is 13.1. The van der Waals surface area contributed by atoms with E-state index in [1.165, 1.54) is 0 Å². The van der Waals surface area contributed by atoms with Crippen molar-refractivity contribution >= 4 is 14.7 Å². The Kier molecular flexibility index (Phi) is 24.0. The summed E-state index contributed by atoms with van der Waals surface area (Å²) < 4.78 is 60.7. The standard InChI is InChI=1S/C43H65N2O10P/c1-36(2)45(37(3)4)56(54-23-11-22-44-5)55-35-33-52-31-29-50-27-25-48-24-26-49-28-30-51-32-34-53-43(38-12-9-8-10-13-38,39-14-18-41(46-6)19-15-39)40-16-20-42(47-7)21-17-40/h8-10,12-22,36-37H,11,23-35H2,1-7H3/b44-22+. The number of nitrogens with zero attached hydrogens (tertiary/aromatic N) is 2. The van der Waals surface area contributed by atoms with Crippen molar-refractivity contribution in [1.29, 1.82) is 0 Å². The predicted molar refractivity (Wildman–Crippen MR) is 222 cm³/mol. The first-order chi connectivity index (χ1) is 27.4. The molecular weight excluding hydrogens is 735 g/mol. The number of aliphatic imine (C=N–C) groups is 1. The Hall–Kier alpha value is -3.00. The van der Waals surface area contributed by atoms with Gasteiger partial charge in [-0.1, -0.05) is 54.6 Å². The monoisotopic (exact) mass is 800 g/mol. The van der Waals surface area contributed by atoms with Crippen molar-refractivity contribution in [2.75, 3.05) is 107 Å². The van der Waals surface area contributed by atoms with Gasteiger partial charge in [-0.15, -0.1) is 0 Å². The summed E-state index contributed by atoms with van der Waals surface area (Å²) in [6, 6.07) is 26.8. The summed E-state index contributed by atoms with van der Waals surface area (Å²) in [7, 11) is 3.91. The van der Waals surface area contributed by atoms with Gasteiger partial charge in [0.05, 0.1) is 100 Å². The van der Waals surface area contributed by atoms with Crippen LogP contribution in [0.15, 0.2) is 83.9 Å². The Morgan fingerprint density at radius 2 is 0.929 bits per heavy atom. The molecular formula is C43H65N2O10P. The molecule has 312 valence electrons. The summed E-state index contributed by atoms with van der Waals surface area (Å²) in [5.74, 6) is 1.55. The maximum atomic E-state index is 6.81. The van der Waals surface area contributed by atoms with Gasteiger partial charge < -0.3 is 51.9 Å². The zero-order chi connectivity index (χ0) is 40.3. The Balaban J connectivity index is 1.28. The van der Waals surface area contributed by atoms with E-state index in [1.54, 1.807) is 21.3 Å². The lowest BCUT2D eigenvalue weighted by Crippen LogP contribution is -2.34. The molecule has 13 heteroatoms. The summed E-state index contributed by atoms with van der Waals surface area (Å²) in [6.07, 6.45) is 2.61. The molecule has 0 aliphatic rings. The molecule has 0 bridgehead atoms. The maximum Gasteiger partial charge on any atom is 0.259 e. The van der Waals surface area contributed by atoms with E-state index in [0.717, 1.165) is 34.6 Å². The third-order valence-corrected chi connectivity index (χ3v) is 10.6. The van der Waals surface area contributed by atoms with Crippen molar-refractivity contribution in [3.8, 4) is 11.5 Å². The van der Waals surface area contributed by atoms with E-state index >= 15 is 0 Å². The number of benzene rings is 3. The van der Waals surface area contributed by atoms with Crippen molar-refractivity contribution in [3.05, 3.63) is 95.6 Å². The lowest BCUT2D eigenvalue weighted by atomic mass is 9.80. The number of hydrogen-bond donors (Lipinski definition) is 0. The van der Waals surface area contributed by atoms with Gasteiger partial charge in [-0.05, 0) is 68.7 Å². The van der Waals surface area contributed by atoms with E-state index in [-0.39, 0.29) is 0 Å². The molecule has 1 atom stereocenters. The highest BCUT2D eigenvalue weighted by molar-refractivity contribution is 7.44. The topological polar surface area (TPSA) is 108 Å². The van der Waals surface area contributed by atoms with E-state index in [4.69, 9.17) is 46.9 Å². The first-order valence-corrected chi connectivity index (χ1v) is 20.6. The lowest BCUT2D eigenvalue weighted by Gasteiger charge is -2.36. The minimum Gasteiger partial charge on any atom is -0.497 e. The summed E-state index contributed by atoms with van der Waals surface area (Å²) in [5.41, 5.74) is 2.07. The molecule has 0 fully saturated rings. The summed E-state index contributed by atoms with van der Waals surface area (Å²) in [6.45, 7) is 14.6. The SMILES string of the molecule is C/N=C/CCOP(OCCOCCOCCOCCOCCOCCOC(c1ccccc1)(c1ccc(OC)cc1)c1ccc(OC)cc1)N(C(C)C)C(C)C. The van der Waals surface area contributed by atoms with Crippen molar-refractivity contribution in [3.63, 3.8) is 0 Å². The second-order valence-corrected chi connectivity index (χ2v) is 14.6. The van der Waals surface area contributed by atoms with Gasteiger partial charge in [0.2, 0.25) is 0 Å². The predicted octanol–water partition coefficient (Wildman–Crippen LogP) is 7.56. The quantitative estimate of drug-likeness (QED) is 0.0270. The third kappa shape index (κ3) is 16.5. The molecule has 3 aromatic carbocycles. The molecule has 12 nitrogen and oxygen atoms in total. The Labute approximate surface area is 336 Å². The van der Waals surface area contributed by atoms with Crippen LogP contribution in [0.1, 0.15) is 50.8 Å². The molecule has 0 saturated heterocycles. The van der Waals surface area contributed by atoms with Crippen LogP contribution in [0.5, 0.6) is 11.5 Å². The molecule has 0 N–H and O–H groups in total. The summed E-state index contributed by atoms with van der Waals surface area (Å²) in [5, 5.41) is 0. The first-order valence-electron chi connectivity index (χ1n) is 19.5. The van der Waals surface area contributed by atoms with E-state index in [0.29, 0.717) is 98.0 Å². The van der Waals surface area contributed by atoms with Crippen LogP contribution >= 0.6 is 8.53 Å². The van der Waals surface area contributed by atoms with E-state index < -0.39 is 14.1 Å². The largest absolute Gasteiger partial charge is 0.497 e. The Bertz CT molecular complexity index is 1380. The average Bonchev–Trinajstić information content (AvgIpc) is 3.22. The minimum absolute atomic E-state index is 0.306. The summed E-state index contributed by atoms with van der Waals surface area (Å²) in [4.78, 5) is 4.02. The molecule has 1 unspecified atom stereocenters. The number of rotatable bonds is 32. The van der Waals surface area contributed by atoms with Gasteiger partial charge >= 0.3 is 0 Å². The van der Waals surface area contributed by atoms with Crippen LogP contribution < -0.4 is 9.47 Å². The van der Waals surface area contributed by atoms with Gasteiger partial charge in [0.1, 0.15) is 17.1 Å².